The molecule has 0 N–H and O–H groups in total. The molecule has 4 heteroatoms. The quantitative estimate of drug-likeness (QED) is 0.760. The molecule has 3 rings (SSSR count). The third kappa shape index (κ3) is 1.99. The van der Waals surface area contributed by atoms with Crippen LogP contribution in [0, 0.1) is 0 Å². The molecule has 2 unspecified atom stereocenters. The predicted octanol–water partition coefficient (Wildman–Crippen LogP) is 1.61. The van der Waals surface area contributed by atoms with E-state index in [9.17, 15) is 0 Å². The Labute approximate surface area is 96.2 Å². The summed E-state index contributed by atoms with van der Waals surface area (Å²) < 4.78 is 8.06. The van der Waals surface area contributed by atoms with E-state index in [1.54, 1.807) is 0 Å². The van der Waals surface area contributed by atoms with E-state index in [4.69, 9.17) is 4.74 Å². The molecule has 0 bridgehead atoms. The SMILES string of the molecule is CC1CN(C)CC(c2cnn(C3CC3)c2)O1. The van der Waals surface area contributed by atoms with E-state index >= 15 is 0 Å². The summed E-state index contributed by atoms with van der Waals surface area (Å²) in [6, 6.07) is 0.660. The van der Waals surface area contributed by atoms with Gasteiger partial charge in [-0.05, 0) is 26.8 Å². The van der Waals surface area contributed by atoms with Gasteiger partial charge in [0.2, 0.25) is 0 Å². The summed E-state index contributed by atoms with van der Waals surface area (Å²) in [5.74, 6) is 0. The third-order valence-electron chi connectivity index (χ3n) is 3.36. The van der Waals surface area contributed by atoms with Gasteiger partial charge in [-0.2, -0.15) is 5.10 Å². The first-order valence-corrected chi connectivity index (χ1v) is 6.10. The molecule has 0 amide bonds. The average molecular weight is 221 g/mol. The molecule has 2 fully saturated rings. The predicted molar refractivity (Wildman–Crippen MR) is 61.3 cm³/mol. The molecule has 1 aliphatic heterocycles. The highest BCUT2D eigenvalue weighted by Gasteiger charge is 2.28. The molecule has 1 saturated heterocycles. The summed E-state index contributed by atoms with van der Waals surface area (Å²) in [6.07, 6.45) is 7.20. The molecular weight excluding hydrogens is 202 g/mol. The molecule has 16 heavy (non-hydrogen) atoms. The van der Waals surface area contributed by atoms with E-state index in [0.717, 1.165) is 13.1 Å². The maximum Gasteiger partial charge on any atom is 0.0986 e. The van der Waals surface area contributed by atoms with Gasteiger partial charge < -0.3 is 9.64 Å². The number of hydrogen-bond acceptors (Lipinski definition) is 3. The standard InChI is InChI=1S/C12H19N3O/c1-9-6-14(2)8-12(16-9)10-5-13-15(7-10)11-3-4-11/h5,7,9,11-12H,3-4,6,8H2,1-2H3. The highest BCUT2D eigenvalue weighted by molar-refractivity contribution is 5.11. The number of ether oxygens (including phenoxy) is 1. The van der Waals surface area contributed by atoms with Crippen LogP contribution in [0.4, 0.5) is 0 Å². The average Bonchev–Trinajstić information content (AvgIpc) is 2.95. The van der Waals surface area contributed by atoms with Crippen LogP contribution in [0.1, 0.15) is 37.5 Å². The Morgan fingerprint density at radius 2 is 2.19 bits per heavy atom. The minimum absolute atomic E-state index is 0.196. The summed E-state index contributed by atoms with van der Waals surface area (Å²) in [5.41, 5.74) is 1.23. The number of nitrogens with zero attached hydrogens (tertiary/aromatic N) is 3. The lowest BCUT2D eigenvalue weighted by atomic mass is 10.1. The summed E-state index contributed by atoms with van der Waals surface area (Å²) in [7, 11) is 2.15. The lowest BCUT2D eigenvalue weighted by molar-refractivity contribution is -0.0715. The number of morpholine rings is 1. The van der Waals surface area contributed by atoms with Gasteiger partial charge in [-0.3, -0.25) is 4.68 Å². The van der Waals surface area contributed by atoms with Gasteiger partial charge in [-0.1, -0.05) is 0 Å². The maximum absolute atomic E-state index is 5.96. The van der Waals surface area contributed by atoms with Crippen LogP contribution in [0.5, 0.6) is 0 Å². The van der Waals surface area contributed by atoms with Crippen molar-refractivity contribution < 1.29 is 4.74 Å². The Morgan fingerprint density at radius 3 is 2.88 bits per heavy atom. The van der Waals surface area contributed by atoms with Gasteiger partial charge >= 0.3 is 0 Å². The molecule has 2 atom stereocenters. The lowest BCUT2D eigenvalue weighted by Crippen LogP contribution is -2.40. The molecule has 1 aliphatic carbocycles. The van der Waals surface area contributed by atoms with Crippen LogP contribution in [0.3, 0.4) is 0 Å². The Bertz CT molecular complexity index is 362. The summed E-state index contributed by atoms with van der Waals surface area (Å²) in [4.78, 5) is 2.33. The number of rotatable bonds is 2. The summed E-state index contributed by atoms with van der Waals surface area (Å²) >= 11 is 0. The van der Waals surface area contributed by atoms with Crippen molar-refractivity contribution in [2.45, 2.75) is 38.0 Å². The van der Waals surface area contributed by atoms with Crippen LogP contribution in [0.2, 0.25) is 0 Å². The second-order valence-corrected chi connectivity index (χ2v) is 5.14. The lowest BCUT2D eigenvalue weighted by Gasteiger charge is -2.34. The van der Waals surface area contributed by atoms with Crippen LogP contribution in [-0.4, -0.2) is 40.9 Å². The van der Waals surface area contributed by atoms with Crippen LogP contribution in [0.15, 0.2) is 12.4 Å². The van der Waals surface area contributed by atoms with Crippen molar-refractivity contribution in [2.24, 2.45) is 0 Å². The largest absolute Gasteiger partial charge is 0.368 e. The molecule has 1 aromatic rings. The van der Waals surface area contributed by atoms with E-state index < -0.39 is 0 Å². The van der Waals surface area contributed by atoms with Crippen LogP contribution >= 0.6 is 0 Å². The molecule has 2 aliphatic rings. The number of aromatic nitrogens is 2. The van der Waals surface area contributed by atoms with Crippen molar-refractivity contribution in [1.82, 2.24) is 14.7 Å². The molecule has 0 radical (unpaired) electrons. The van der Waals surface area contributed by atoms with E-state index in [1.807, 2.05) is 6.20 Å². The zero-order valence-electron chi connectivity index (χ0n) is 9.97. The van der Waals surface area contributed by atoms with Crippen molar-refractivity contribution in [3.8, 4) is 0 Å². The first-order chi connectivity index (χ1) is 7.72. The molecule has 1 aromatic heterocycles. The number of likely N-dealkylation sites (N-methyl/N-ethyl adjacent to an activating group) is 1. The monoisotopic (exact) mass is 221 g/mol. The maximum atomic E-state index is 5.96. The second-order valence-electron chi connectivity index (χ2n) is 5.14. The normalized spacial score (nSPS) is 31.9. The van der Waals surface area contributed by atoms with Gasteiger partial charge in [0.05, 0.1) is 24.4 Å². The van der Waals surface area contributed by atoms with E-state index in [1.165, 1.54) is 18.4 Å². The van der Waals surface area contributed by atoms with Gasteiger partial charge in [0.25, 0.3) is 0 Å². The van der Waals surface area contributed by atoms with E-state index in [-0.39, 0.29) is 6.10 Å². The fourth-order valence-electron chi connectivity index (χ4n) is 2.40. The van der Waals surface area contributed by atoms with Crippen molar-refractivity contribution in [3.05, 3.63) is 18.0 Å². The second kappa shape index (κ2) is 3.86. The minimum Gasteiger partial charge on any atom is -0.368 e. The van der Waals surface area contributed by atoms with Crippen LogP contribution in [-0.2, 0) is 4.74 Å². The molecule has 0 spiro atoms. The highest BCUT2D eigenvalue weighted by Crippen LogP contribution is 2.35. The Hall–Kier alpha value is -0.870. The van der Waals surface area contributed by atoms with Crippen LogP contribution in [0.25, 0.3) is 0 Å². The molecule has 2 heterocycles. The zero-order valence-corrected chi connectivity index (χ0v) is 9.97. The van der Waals surface area contributed by atoms with Gasteiger partial charge in [0.1, 0.15) is 0 Å². The molecule has 1 saturated carbocycles. The third-order valence-corrected chi connectivity index (χ3v) is 3.36. The smallest absolute Gasteiger partial charge is 0.0986 e. The Kier molecular flexibility index (Phi) is 2.48. The Morgan fingerprint density at radius 1 is 1.38 bits per heavy atom. The zero-order chi connectivity index (χ0) is 11.1. The first-order valence-electron chi connectivity index (χ1n) is 6.10. The molecule has 88 valence electrons. The highest BCUT2D eigenvalue weighted by atomic mass is 16.5. The van der Waals surface area contributed by atoms with Crippen molar-refractivity contribution in [1.29, 1.82) is 0 Å². The van der Waals surface area contributed by atoms with Crippen molar-refractivity contribution in [2.75, 3.05) is 20.1 Å². The van der Waals surface area contributed by atoms with Crippen molar-refractivity contribution >= 4 is 0 Å². The summed E-state index contributed by atoms with van der Waals surface area (Å²) in [5, 5.41) is 4.42. The van der Waals surface area contributed by atoms with Crippen LogP contribution < -0.4 is 0 Å². The van der Waals surface area contributed by atoms with Gasteiger partial charge in [0, 0.05) is 24.8 Å². The Balaban J connectivity index is 1.74. The van der Waals surface area contributed by atoms with Gasteiger partial charge in [-0.15, -0.1) is 0 Å². The fraction of sp³-hybridized carbons (Fsp3) is 0.750. The minimum atomic E-state index is 0.196. The van der Waals surface area contributed by atoms with Gasteiger partial charge in [0.15, 0.2) is 0 Å². The van der Waals surface area contributed by atoms with E-state index in [2.05, 4.69) is 34.8 Å². The molecule has 0 aromatic carbocycles. The first kappa shape index (κ1) is 10.3. The number of hydrogen-bond donors (Lipinski definition) is 0. The fourth-order valence-corrected chi connectivity index (χ4v) is 2.40. The summed E-state index contributed by atoms with van der Waals surface area (Å²) in [6.45, 7) is 4.13. The molecule has 4 nitrogen and oxygen atoms in total. The van der Waals surface area contributed by atoms with Gasteiger partial charge in [-0.25, -0.2) is 0 Å². The molecular formula is C12H19N3O. The topological polar surface area (TPSA) is 30.3 Å². The van der Waals surface area contributed by atoms with E-state index in [0.29, 0.717) is 12.1 Å². The van der Waals surface area contributed by atoms with Crippen molar-refractivity contribution in [3.63, 3.8) is 0 Å².